The predicted molar refractivity (Wildman–Crippen MR) is 69.9 cm³/mol. The highest BCUT2D eigenvalue weighted by atomic mass is 32.1. The van der Waals surface area contributed by atoms with Crippen LogP contribution >= 0.6 is 12.2 Å². The molecule has 1 aromatic carbocycles. The highest BCUT2D eigenvalue weighted by molar-refractivity contribution is 7.80. The fourth-order valence-electron chi connectivity index (χ4n) is 1.96. The summed E-state index contributed by atoms with van der Waals surface area (Å²) in [6.07, 6.45) is 0. The van der Waals surface area contributed by atoms with E-state index in [1.807, 2.05) is 0 Å². The van der Waals surface area contributed by atoms with Crippen molar-refractivity contribution in [2.24, 2.45) is 5.73 Å². The van der Waals surface area contributed by atoms with Crippen LogP contribution in [0.2, 0.25) is 0 Å². The Labute approximate surface area is 109 Å². The second-order valence-corrected chi connectivity index (χ2v) is 4.36. The number of carbonyl (C=O) groups excluding carboxylic acids is 1. The summed E-state index contributed by atoms with van der Waals surface area (Å²) in [6, 6.07) is 5.54. The minimum Gasteiger partial charge on any atom is -0.366 e. The van der Waals surface area contributed by atoms with E-state index < -0.39 is 17.8 Å². The third kappa shape index (κ3) is 2.19. The Bertz CT molecular complexity index is 556. The number of carbonyl (C=O) groups is 1. The van der Waals surface area contributed by atoms with E-state index >= 15 is 0 Å². The molecule has 0 aromatic heterocycles. The molecule has 0 fully saturated rings. The van der Waals surface area contributed by atoms with Gasteiger partial charge in [0.25, 0.3) is 0 Å². The molecule has 0 bridgehead atoms. The van der Waals surface area contributed by atoms with Crippen molar-refractivity contribution in [1.29, 1.82) is 0 Å². The summed E-state index contributed by atoms with van der Waals surface area (Å²) in [5, 5.41) is 6.00. The van der Waals surface area contributed by atoms with E-state index in [9.17, 15) is 9.18 Å². The molecule has 1 aliphatic rings. The van der Waals surface area contributed by atoms with Crippen LogP contribution in [0.5, 0.6) is 0 Å². The number of thiocarbonyl (C=S) groups is 1. The number of nitrogens with one attached hydrogen (secondary N) is 2. The van der Waals surface area contributed by atoms with Gasteiger partial charge in [-0.25, -0.2) is 4.39 Å². The maximum atomic E-state index is 13.8. The van der Waals surface area contributed by atoms with Gasteiger partial charge in [0.2, 0.25) is 5.91 Å². The van der Waals surface area contributed by atoms with Crippen molar-refractivity contribution in [3.05, 3.63) is 46.9 Å². The maximum Gasteiger partial charge on any atom is 0.248 e. The largest absolute Gasteiger partial charge is 0.366 e. The normalized spacial score (nSPS) is 19.2. The summed E-state index contributed by atoms with van der Waals surface area (Å²) in [5.74, 6) is -1.02. The van der Waals surface area contributed by atoms with Crippen LogP contribution in [0.4, 0.5) is 4.39 Å². The molecule has 0 radical (unpaired) electrons. The Hall–Kier alpha value is -1.95. The monoisotopic (exact) mass is 265 g/mol. The molecule has 6 heteroatoms. The van der Waals surface area contributed by atoms with Crippen molar-refractivity contribution in [3.63, 3.8) is 0 Å². The van der Waals surface area contributed by atoms with Crippen molar-refractivity contribution < 1.29 is 9.18 Å². The highest BCUT2D eigenvalue weighted by Gasteiger charge is 2.29. The van der Waals surface area contributed by atoms with Gasteiger partial charge in [-0.3, -0.25) is 4.79 Å². The first kappa shape index (κ1) is 12.5. The maximum absolute atomic E-state index is 13.8. The van der Waals surface area contributed by atoms with Crippen molar-refractivity contribution in [2.45, 2.75) is 13.0 Å². The summed E-state index contributed by atoms with van der Waals surface area (Å²) in [4.78, 5) is 11.5. The number of nitrogens with two attached hydrogens (primary N) is 1. The summed E-state index contributed by atoms with van der Waals surface area (Å²) in [5.41, 5.74) is 6.51. The topological polar surface area (TPSA) is 67.2 Å². The molecule has 94 valence electrons. The third-order valence-corrected chi connectivity index (χ3v) is 2.97. The van der Waals surface area contributed by atoms with E-state index in [4.69, 9.17) is 18.0 Å². The molecule has 0 aliphatic carbocycles. The van der Waals surface area contributed by atoms with Crippen LogP contribution in [0, 0.1) is 5.82 Å². The average molecular weight is 265 g/mol. The van der Waals surface area contributed by atoms with E-state index in [0.29, 0.717) is 16.4 Å². The second-order valence-electron chi connectivity index (χ2n) is 3.96. The number of hydrogen-bond acceptors (Lipinski definition) is 2. The molecule has 18 heavy (non-hydrogen) atoms. The van der Waals surface area contributed by atoms with Gasteiger partial charge in [-0.05, 0) is 25.2 Å². The Morgan fingerprint density at radius 1 is 1.44 bits per heavy atom. The molecule has 0 unspecified atom stereocenters. The quantitative estimate of drug-likeness (QED) is 0.701. The number of allylic oxidation sites excluding steroid dienone is 1. The van der Waals surface area contributed by atoms with Crippen molar-refractivity contribution >= 4 is 23.2 Å². The van der Waals surface area contributed by atoms with Crippen LogP contribution < -0.4 is 16.4 Å². The molecule has 1 aromatic rings. The Morgan fingerprint density at radius 3 is 2.72 bits per heavy atom. The molecular formula is C12H12FN3OS. The lowest BCUT2D eigenvalue weighted by atomic mass is 9.95. The van der Waals surface area contributed by atoms with Gasteiger partial charge in [0.15, 0.2) is 5.11 Å². The molecule has 0 saturated carbocycles. The van der Waals surface area contributed by atoms with E-state index in [0.717, 1.165) is 0 Å². The van der Waals surface area contributed by atoms with E-state index in [-0.39, 0.29) is 5.57 Å². The zero-order chi connectivity index (χ0) is 13.3. The molecule has 1 atom stereocenters. The standard InChI is InChI=1S/C12H12FN3OS/c1-6-9(11(14)17)10(16-12(18)15-6)7-4-2-3-5-8(7)13/h2-5,10H,1H3,(H2,14,17)(H2,15,16,18)/t10-/m0/s1. The van der Waals surface area contributed by atoms with Crippen molar-refractivity contribution in [2.75, 3.05) is 0 Å². The van der Waals surface area contributed by atoms with Gasteiger partial charge in [0.05, 0.1) is 11.6 Å². The molecule has 2 rings (SSSR count). The van der Waals surface area contributed by atoms with Gasteiger partial charge >= 0.3 is 0 Å². The minimum absolute atomic E-state index is 0.286. The summed E-state index contributed by atoms with van der Waals surface area (Å²) >= 11 is 5.01. The van der Waals surface area contributed by atoms with E-state index in [1.54, 1.807) is 25.1 Å². The van der Waals surface area contributed by atoms with E-state index in [1.165, 1.54) is 6.07 Å². The van der Waals surface area contributed by atoms with Crippen LogP contribution in [-0.4, -0.2) is 11.0 Å². The fourth-order valence-corrected chi connectivity index (χ4v) is 2.23. The number of rotatable bonds is 2. The number of halogens is 1. The fraction of sp³-hybridized carbons (Fsp3) is 0.167. The molecule has 0 saturated heterocycles. The van der Waals surface area contributed by atoms with Gasteiger partial charge in [0.1, 0.15) is 5.82 Å². The second kappa shape index (κ2) is 4.73. The van der Waals surface area contributed by atoms with Crippen LogP contribution in [0.15, 0.2) is 35.5 Å². The Kier molecular flexibility index (Phi) is 3.29. The van der Waals surface area contributed by atoms with Crippen LogP contribution in [-0.2, 0) is 4.79 Å². The van der Waals surface area contributed by atoms with Crippen molar-refractivity contribution in [1.82, 2.24) is 10.6 Å². The lowest BCUT2D eigenvalue weighted by Gasteiger charge is -2.29. The van der Waals surface area contributed by atoms with Gasteiger partial charge in [-0.15, -0.1) is 0 Å². The number of primary amides is 1. The van der Waals surface area contributed by atoms with Gasteiger partial charge < -0.3 is 16.4 Å². The molecule has 1 amide bonds. The highest BCUT2D eigenvalue weighted by Crippen LogP contribution is 2.27. The number of hydrogen-bond donors (Lipinski definition) is 3. The summed E-state index contributed by atoms with van der Waals surface area (Å²) in [7, 11) is 0. The molecule has 0 spiro atoms. The first-order valence-electron chi connectivity index (χ1n) is 5.33. The van der Waals surface area contributed by atoms with E-state index in [2.05, 4.69) is 10.6 Å². The molecule has 4 nitrogen and oxygen atoms in total. The third-order valence-electron chi connectivity index (χ3n) is 2.75. The predicted octanol–water partition coefficient (Wildman–Crippen LogP) is 1.10. The lowest BCUT2D eigenvalue weighted by Crippen LogP contribution is -2.46. The van der Waals surface area contributed by atoms with Gasteiger partial charge in [-0.1, -0.05) is 18.2 Å². The van der Waals surface area contributed by atoms with Gasteiger partial charge in [0, 0.05) is 11.3 Å². The summed E-state index contributed by atoms with van der Waals surface area (Å²) in [6.45, 7) is 1.68. The Balaban J connectivity index is 2.54. The Morgan fingerprint density at radius 2 is 2.11 bits per heavy atom. The van der Waals surface area contributed by atoms with Crippen molar-refractivity contribution in [3.8, 4) is 0 Å². The molecular weight excluding hydrogens is 253 g/mol. The average Bonchev–Trinajstić information content (AvgIpc) is 2.27. The zero-order valence-electron chi connectivity index (χ0n) is 9.66. The van der Waals surface area contributed by atoms with Gasteiger partial charge in [-0.2, -0.15) is 0 Å². The lowest BCUT2D eigenvalue weighted by molar-refractivity contribution is -0.115. The first-order chi connectivity index (χ1) is 8.50. The number of benzene rings is 1. The molecule has 1 heterocycles. The SMILES string of the molecule is CC1=C(C(N)=O)[C@H](c2ccccc2F)NC(=S)N1. The minimum atomic E-state index is -0.655. The first-order valence-corrected chi connectivity index (χ1v) is 5.74. The zero-order valence-corrected chi connectivity index (χ0v) is 10.5. The molecule has 4 N–H and O–H groups in total. The van der Waals surface area contributed by atoms with Crippen LogP contribution in [0.3, 0.4) is 0 Å². The van der Waals surface area contributed by atoms with Crippen LogP contribution in [0.1, 0.15) is 18.5 Å². The summed E-state index contributed by atoms with van der Waals surface area (Å²) < 4.78 is 13.8. The smallest absolute Gasteiger partial charge is 0.248 e. The number of amides is 1. The van der Waals surface area contributed by atoms with Crippen LogP contribution in [0.25, 0.3) is 0 Å². The molecule has 1 aliphatic heterocycles.